The number of nitrogens with zero attached hydrogens (tertiary/aromatic N) is 1. The average molecular weight is 303 g/mol. The van der Waals surface area contributed by atoms with E-state index in [0.29, 0.717) is 25.9 Å². The lowest BCUT2D eigenvalue weighted by atomic mass is 9.98. The van der Waals surface area contributed by atoms with E-state index in [2.05, 4.69) is 0 Å². The third kappa shape index (κ3) is 4.03. The molecule has 7 heteroatoms. The van der Waals surface area contributed by atoms with Crippen LogP contribution in [0.2, 0.25) is 0 Å². The van der Waals surface area contributed by atoms with Crippen molar-refractivity contribution in [3.05, 3.63) is 29.8 Å². The largest absolute Gasteiger partial charge is 0.493 e. The van der Waals surface area contributed by atoms with Gasteiger partial charge in [-0.25, -0.2) is 4.79 Å². The van der Waals surface area contributed by atoms with Gasteiger partial charge < -0.3 is 14.7 Å². The van der Waals surface area contributed by atoms with Crippen LogP contribution in [0.1, 0.15) is 18.4 Å². The number of benzene rings is 1. The number of piperidine rings is 1. The van der Waals surface area contributed by atoms with Crippen molar-refractivity contribution in [1.29, 1.82) is 0 Å². The lowest BCUT2D eigenvalue weighted by molar-refractivity contribution is -0.139. The number of alkyl halides is 3. The summed E-state index contributed by atoms with van der Waals surface area (Å²) in [5, 5.41) is 8.83. The second-order valence-electron chi connectivity index (χ2n) is 5.02. The van der Waals surface area contributed by atoms with Crippen molar-refractivity contribution >= 4 is 6.09 Å². The number of rotatable bonds is 3. The van der Waals surface area contributed by atoms with E-state index in [1.807, 2.05) is 0 Å². The Morgan fingerprint density at radius 3 is 2.48 bits per heavy atom. The molecule has 1 amide bonds. The minimum atomic E-state index is -4.44. The van der Waals surface area contributed by atoms with Gasteiger partial charge in [0, 0.05) is 13.1 Å². The zero-order valence-electron chi connectivity index (χ0n) is 11.3. The van der Waals surface area contributed by atoms with Gasteiger partial charge in [-0.1, -0.05) is 12.1 Å². The minimum absolute atomic E-state index is 0.0712. The van der Waals surface area contributed by atoms with Gasteiger partial charge in [-0.15, -0.1) is 0 Å². The number of hydrogen-bond acceptors (Lipinski definition) is 2. The molecule has 0 radical (unpaired) electrons. The third-order valence-electron chi connectivity index (χ3n) is 3.55. The summed E-state index contributed by atoms with van der Waals surface area (Å²) >= 11 is 0. The summed E-state index contributed by atoms with van der Waals surface area (Å²) in [6.45, 7) is 0.953. The molecular formula is C14H16F3NO3. The number of amides is 1. The van der Waals surface area contributed by atoms with Crippen molar-refractivity contribution in [3.8, 4) is 5.75 Å². The van der Waals surface area contributed by atoms with Crippen LogP contribution in [0, 0.1) is 5.92 Å². The molecule has 0 bridgehead atoms. The van der Waals surface area contributed by atoms with Gasteiger partial charge in [0.2, 0.25) is 0 Å². The topological polar surface area (TPSA) is 49.8 Å². The molecule has 1 N–H and O–H groups in total. The average Bonchev–Trinajstić information content (AvgIpc) is 2.45. The monoisotopic (exact) mass is 303 g/mol. The van der Waals surface area contributed by atoms with E-state index >= 15 is 0 Å². The van der Waals surface area contributed by atoms with Crippen LogP contribution in [0.4, 0.5) is 18.0 Å². The molecule has 21 heavy (non-hydrogen) atoms. The standard InChI is InChI=1S/C14H16F3NO3/c15-14(16,17)11-3-1-2-4-12(11)21-9-10-5-7-18(8-6-10)13(19)20/h1-4,10H,5-9H2,(H,19,20). The molecule has 1 aliphatic rings. The summed E-state index contributed by atoms with van der Waals surface area (Å²) in [4.78, 5) is 12.1. The molecule has 0 aliphatic carbocycles. The highest BCUT2D eigenvalue weighted by atomic mass is 19.4. The van der Waals surface area contributed by atoms with Crippen molar-refractivity contribution in [1.82, 2.24) is 4.90 Å². The molecule has 1 aromatic carbocycles. The van der Waals surface area contributed by atoms with E-state index in [1.54, 1.807) is 0 Å². The quantitative estimate of drug-likeness (QED) is 0.930. The number of likely N-dealkylation sites (tertiary alicyclic amines) is 1. The molecular weight excluding hydrogens is 287 g/mol. The summed E-state index contributed by atoms with van der Waals surface area (Å²) in [6, 6.07) is 5.11. The third-order valence-corrected chi connectivity index (χ3v) is 3.55. The summed E-state index contributed by atoms with van der Waals surface area (Å²) in [6.07, 6.45) is -4.21. The molecule has 1 aromatic rings. The predicted octanol–water partition coefficient (Wildman–Crippen LogP) is 3.47. The number of hydrogen-bond donors (Lipinski definition) is 1. The first-order chi connectivity index (χ1) is 9.88. The van der Waals surface area contributed by atoms with Crippen LogP contribution in [0.3, 0.4) is 0 Å². The van der Waals surface area contributed by atoms with Crippen molar-refractivity contribution < 1.29 is 27.8 Å². The second kappa shape index (κ2) is 6.24. The molecule has 1 aliphatic heterocycles. The first-order valence-corrected chi connectivity index (χ1v) is 6.65. The Bertz CT molecular complexity index is 496. The van der Waals surface area contributed by atoms with Crippen LogP contribution >= 0.6 is 0 Å². The van der Waals surface area contributed by atoms with Gasteiger partial charge in [0.05, 0.1) is 12.2 Å². The molecule has 0 saturated carbocycles. The first kappa shape index (κ1) is 15.5. The molecule has 1 saturated heterocycles. The molecule has 1 fully saturated rings. The Balaban J connectivity index is 1.91. The van der Waals surface area contributed by atoms with Gasteiger partial charge >= 0.3 is 12.3 Å². The van der Waals surface area contributed by atoms with Gasteiger partial charge in [-0.05, 0) is 30.9 Å². The van der Waals surface area contributed by atoms with Crippen LogP contribution < -0.4 is 4.74 Å². The van der Waals surface area contributed by atoms with Gasteiger partial charge in [-0.3, -0.25) is 0 Å². The van der Waals surface area contributed by atoms with Crippen LogP contribution in [0.15, 0.2) is 24.3 Å². The van der Waals surface area contributed by atoms with Gasteiger partial charge in [0.15, 0.2) is 0 Å². The number of para-hydroxylation sites is 1. The maximum atomic E-state index is 12.8. The maximum Gasteiger partial charge on any atom is 0.419 e. The van der Waals surface area contributed by atoms with E-state index < -0.39 is 17.8 Å². The number of halogens is 3. The predicted molar refractivity (Wildman–Crippen MR) is 69.3 cm³/mol. The Morgan fingerprint density at radius 2 is 1.90 bits per heavy atom. The van der Waals surface area contributed by atoms with Crippen LogP contribution in [0.25, 0.3) is 0 Å². The molecule has 0 unspecified atom stereocenters. The summed E-state index contributed by atoms with van der Waals surface area (Å²) < 4.78 is 43.7. The van der Waals surface area contributed by atoms with Crippen LogP contribution in [-0.4, -0.2) is 35.8 Å². The summed E-state index contributed by atoms with van der Waals surface area (Å²) in [7, 11) is 0. The summed E-state index contributed by atoms with van der Waals surface area (Å²) in [5.41, 5.74) is -0.784. The van der Waals surface area contributed by atoms with E-state index in [9.17, 15) is 18.0 Å². The highest BCUT2D eigenvalue weighted by molar-refractivity contribution is 5.64. The SMILES string of the molecule is O=C(O)N1CCC(COc2ccccc2C(F)(F)F)CC1. The van der Waals surface area contributed by atoms with Gasteiger partial charge in [-0.2, -0.15) is 13.2 Å². The lowest BCUT2D eigenvalue weighted by Gasteiger charge is -2.30. The number of carboxylic acid groups (broad SMARTS) is 1. The molecule has 2 rings (SSSR count). The van der Waals surface area contributed by atoms with E-state index in [1.165, 1.54) is 23.1 Å². The fourth-order valence-corrected chi connectivity index (χ4v) is 2.33. The second-order valence-corrected chi connectivity index (χ2v) is 5.02. The first-order valence-electron chi connectivity index (χ1n) is 6.65. The van der Waals surface area contributed by atoms with Crippen molar-refractivity contribution in [2.75, 3.05) is 19.7 Å². The zero-order valence-corrected chi connectivity index (χ0v) is 11.3. The summed E-state index contributed by atoms with van der Waals surface area (Å²) in [5.74, 6) is -0.104. The number of ether oxygens (including phenoxy) is 1. The molecule has 0 atom stereocenters. The van der Waals surface area contributed by atoms with E-state index in [0.717, 1.165) is 6.07 Å². The van der Waals surface area contributed by atoms with Crippen LogP contribution in [0.5, 0.6) is 5.75 Å². The minimum Gasteiger partial charge on any atom is -0.493 e. The zero-order chi connectivity index (χ0) is 15.5. The van der Waals surface area contributed by atoms with E-state index in [4.69, 9.17) is 9.84 Å². The highest BCUT2D eigenvalue weighted by Crippen LogP contribution is 2.36. The molecule has 1 heterocycles. The fraction of sp³-hybridized carbons (Fsp3) is 0.500. The van der Waals surface area contributed by atoms with Crippen molar-refractivity contribution in [3.63, 3.8) is 0 Å². The molecule has 116 valence electrons. The molecule has 4 nitrogen and oxygen atoms in total. The Labute approximate surface area is 120 Å². The molecule has 0 aromatic heterocycles. The van der Waals surface area contributed by atoms with Gasteiger partial charge in [0.1, 0.15) is 5.75 Å². The van der Waals surface area contributed by atoms with E-state index in [-0.39, 0.29) is 18.3 Å². The fourth-order valence-electron chi connectivity index (χ4n) is 2.33. The smallest absolute Gasteiger partial charge is 0.419 e. The maximum absolute atomic E-state index is 12.8. The lowest BCUT2D eigenvalue weighted by Crippen LogP contribution is -2.38. The normalized spacial score (nSPS) is 16.8. The number of carbonyl (C=O) groups is 1. The van der Waals surface area contributed by atoms with Gasteiger partial charge in [0.25, 0.3) is 0 Å². The highest BCUT2D eigenvalue weighted by Gasteiger charge is 2.34. The van der Waals surface area contributed by atoms with Crippen LogP contribution in [-0.2, 0) is 6.18 Å². The van der Waals surface area contributed by atoms with Crippen molar-refractivity contribution in [2.24, 2.45) is 5.92 Å². The Hall–Kier alpha value is -1.92. The van der Waals surface area contributed by atoms with Crippen molar-refractivity contribution in [2.45, 2.75) is 19.0 Å². The Kier molecular flexibility index (Phi) is 4.59. The Morgan fingerprint density at radius 1 is 1.29 bits per heavy atom. The molecule has 0 spiro atoms.